The molecule has 2 heterocycles. The molecule has 4 aromatic rings. The van der Waals surface area contributed by atoms with Gasteiger partial charge in [0.15, 0.2) is 0 Å². The van der Waals surface area contributed by atoms with E-state index in [9.17, 15) is 0 Å². The molecular weight excluding hydrogens is 395 g/mol. The molecule has 0 aliphatic carbocycles. The molecule has 3 heteroatoms. The van der Waals surface area contributed by atoms with Gasteiger partial charge >= 0.3 is 164 Å². The van der Waals surface area contributed by atoms with Gasteiger partial charge in [0.2, 0.25) is 0 Å². The molecule has 0 N–H and O–H groups in total. The molecule has 0 atom stereocenters. The second-order valence-electron chi connectivity index (χ2n) is 8.18. The summed E-state index contributed by atoms with van der Waals surface area (Å²) in [6, 6.07) is 17.6. The zero-order valence-corrected chi connectivity index (χ0v) is 19.0. The minimum absolute atomic E-state index is 0.625. The zero-order chi connectivity index (χ0) is 19.4. The van der Waals surface area contributed by atoms with Crippen molar-refractivity contribution in [3.05, 3.63) is 60.3 Å². The van der Waals surface area contributed by atoms with Gasteiger partial charge in [0.25, 0.3) is 0 Å². The third-order valence-corrected chi connectivity index (χ3v) is 10.5. The molecule has 0 bridgehead atoms. The van der Waals surface area contributed by atoms with Gasteiger partial charge in [-0.05, 0) is 0 Å². The average molecular weight is 421 g/mol. The van der Waals surface area contributed by atoms with Crippen molar-refractivity contribution in [1.29, 1.82) is 0 Å². The number of aromatic nitrogens is 1. The van der Waals surface area contributed by atoms with E-state index in [1.54, 1.807) is 4.40 Å². The van der Waals surface area contributed by atoms with Crippen LogP contribution in [0.15, 0.2) is 54.7 Å². The summed E-state index contributed by atoms with van der Waals surface area (Å²) in [7, 11) is 0. The van der Waals surface area contributed by atoms with Crippen LogP contribution in [0.1, 0.15) is 26.7 Å². The summed E-state index contributed by atoms with van der Waals surface area (Å²) in [5, 5.41) is 2.64. The van der Waals surface area contributed by atoms with Crippen molar-refractivity contribution in [2.75, 3.05) is 0 Å². The Morgan fingerprint density at radius 2 is 1.81 bits per heavy atom. The van der Waals surface area contributed by atoms with Gasteiger partial charge in [-0.2, -0.15) is 0 Å². The predicted octanol–water partition coefficient (Wildman–Crippen LogP) is 6.79. The van der Waals surface area contributed by atoms with E-state index in [1.165, 1.54) is 25.7 Å². The summed E-state index contributed by atoms with van der Waals surface area (Å²) in [5.41, 5.74) is 3.12. The molecule has 0 aliphatic rings. The van der Waals surface area contributed by atoms with E-state index in [4.69, 9.17) is 1.37 Å². The molecule has 0 amide bonds. The minimum atomic E-state index is -1.85. The normalized spacial score (nSPS) is 13.3. The van der Waals surface area contributed by atoms with Gasteiger partial charge in [-0.15, -0.1) is 0 Å². The Hall–Kier alpha value is -1.65. The molecule has 0 unspecified atom stereocenters. The first-order chi connectivity index (χ1) is 12.6. The second-order valence-corrected chi connectivity index (χ2v) is 19.9. The van der Waals surface area contributed by atoms with Crippen molar-refractivity contribution < 1.29 is 1.37 Å². The van der Waals surface area contributed by atoms with Crippen LogP contribution in [0, 0.1) is 0 Å². The number of fused-ring (bicyclic) bond motifs is 3. The van der Waals surface area contributed by atoms with E-state index in [1.807, 2.05) is 37.4 Å². The second kappa shape index (κ2) is 6.50. The predicted molar refractivity (Wildman–Crippen MR) is 120 cm³/mol. The van der Waals surface area contributed by atoms with Crippen molar-refractivity contribution in [3.63, 3.8) is 0 Å². The van der Waals surface area contributed by atoms with Gasteiger partial charge in [-0.25, -0.2) is 0 Å². The van der Waals surface area contributed by atoms with Crippen molar-refractivity contribution in [2.24, 2.45) is 0 Å². The van der Waals surface area contributed by atoms with Gasteiger partial charge in [-0.1, -0.05) is 0 Å². The van der Waals surface area contributed by atoms with Crippen LogP contribution in [0.5, 0.6) is 0 Å². The molecule has 0 aliphatic heterocycles. The molecule has 4 rings (SSSR count). The van der Waals surface area contributed by atoms with Gasteiger partial charge in [0.1, 0.15) is 0 Å². The van der Waals surface area contributed by atoms with Crippen LogP contribution in [-0.2, 0) is 0 Å². The standard InChI is InChI=1S/C23H25GeNS/c1-15(2)16-11-12-25-21(13-16)20-8-6-7-19-18-10-9-17(24(3,4)5)14-22(18)26-23(19)20/h6-15H,1-5H3/i15D. The Labute approximate surface area is 163 Å². The van der Waals surface area contributed by atoms with E-state index in [0.29, 0.717) is 0 Å². The van der Waals surface area contributed by atoms with Crippen molar-refractivity contribution >= 4 is 49.2 Å². The fourth-order valence-corrected chi connectivity index (χ4v) is 7.27. The summed E-state index contributed by atoms with van der Waals surface area (Å²) in [5.74, 6) is 6.70. The van der Waals surface area contributed by atoms with Gasteiger partial charge in [0, 0.05) is 0 Å². The Morgan fingerprint density at radius 1 is 1.00 bits per heavy atom. The molecule has 2 aromatic heterocycles. The monoisotopic (exact) mass is 422 g/mol. The van der Waals surface area contributed by atoms with E-state index >= 15 is 0 Å². The van der Waals surface area contributed by atoms with Crippen LogP contribution >= 0.6 is 11.3 Å². The summed E-state index contributed by atoms with van der Waals surface area (Å²) in [6.45, 7) is 3.84. The molecule has 26 heavy (non-hydrogen) atoms. The van der Waals surface area contributed by atoms with Crippen LogP contribution in [0.2, 0.25) is 17.3 Å². The maximum atomic E-state index is 8.34. The van der Waals surface area contributed by atoms with Crippen LogP contribution < -0.4 is 4.40 Å². The topological polar surface area (TPSA) is 12.9 Å². The molecule has 0 saturated carbocycles. The van der Waals surface area contributed by atoms with Crippen molar-refractivity contribution in [1.82, 2.24) is 4.98 Å². The van der Waals surface area contributed by atoms with Gasteiger partial charge in [0.05, 0.1) is 0 Å². The Kier molecular flexibility index (Phi) is 4.13. The summed E-state index contributed by atoms with van der Waals surface area (Å²) in [4.78, 5) is 4.63. The molecule has 1 nitrogen and oxygen atoms in total. The van der Waals surface area contributed by atoms with E-state index in [-0.39, 0.29) is 0 Å². The first-order valence-corrected chi connectivity index (χ1v) is 17.2. The summed E-state index contributed by atoms with van der Waals surface area (Å²) >= 11 is 0.0221. The molecule has 2 aromatic carbocycles. The Morgan fingerprint density at radius 3 is 2.54 bits per heavy atom. The van der Waals surface area contributed by atoms with Gasteiger partial charge in [-0.3, -0.25) is 0 Å². The van der Waals surface area contributed by atoms with Crippen molar-refractivity contribution in [2.45, 2.75) is 37.0 Å². The average Bonchev–Trinajstić information content (AvgIpc) is 2.98. The molecular formula is C23H25GeNS. The first kappa shape index (κ1) is 16.5. The number of thiophene rings is 1. The molecule has 0 spiro atoms. The third kappa shape index (κ3) is 3.10. The summed E-state index contributed by atoms with van der Waals surface area (Å²) < 4.78 is 12.6. The molecule has 0 radical (unpaired) electrons. The quantitative estimate of drug-likeness (QED) is 0.332. The Balaban J connectivity index is 1.95. The first-order valence-electron chi connectivity index (χ1n) is 9.57. The van der Waals surface area contributed by atoms with Crippen LogP contribution in [-0.4, -0.2) is 18.3 Å². The number of hydrogen-bond donors (Lipinski definition) is 0. The van der Waals surface area contributed by atoms with E-state index in [0.717, 1.165) is 11.3 Å². The number of pyridine rings is 1. The molecule has 132 valence electrons. The van der Waals surface area contributed by atoms with Gasteiger partial charge < -0.3 is 0 Å². The number of rotatable bonds is 3. The van der Waals surface area contributed by atoms with Crippen LogP contribution in [0.3, 0.4) is 0 Å². The fraction of sp³-hybridized carbons (Fsp3) is 0.261. The summed E-state index contributed by atoms with van der Waals surface area (Å²) in [6.07, 6.45) is 1.83. The number of benzene rings is 2. The number of nitrogens with zero attached hydrogens (tertiary/aromatic N) is 1. The van der Waals surface area contributed by atoms with Crippen LogP contribution in [0.25, 0.3) is 31.4 Å². The SMILES string of the molecule is [2H]C(C)(C)c1ccnc(-c2cccc3c2sc2c[c]([Ge]([CH3])([CH3])[CH3])ccc23)c1. The van der Waals surface area contributed by atoms with E-state index < -0.39 is 19.2 Å². The van der Waals surface area contributed by atoms with Crippen LogP contribution in [0.4, 0.5) is 0 Å². The van der Waals surface area contributed by atoms with Crippen molar-refractivity contribution in [3.8, 4) is 11.3 Å². The number of hydrogen-bond acceptors (Lipinski definition) is 2. The third-order valence-electron chi connectivity index (χ3n) is 4.98. The van der Waals surface area contributed by atoms with E-state index in [2.05, 4.69) is 64.7 Å². The Bertz CT molecular complexity index is 1150. The zero-order valence-electron chi connectivity index (χ0n) is 17.1. The molecule has 0 saturated heterocycles. The maximum absolute atomic E-state index is 8.34. The fourth-order valence-electron chi connectivity index (χ4n) is 3.36. The molecule has 0 fully saturated rings.